The minimum atomic E-state index is -0.148. The van der Waals surface area contributed by atoms with Gasteiger partial charge in [-0.1, -0.05) is 32.0 Å². The molecule has 0 saturated heterocycles. The predicted octanol–water partition coefficient (Wildman–Crippen LogP) is 3.74. The van der Waals surface area contributed by atoms with Crippen molar-refractivity contribution >= 4 is 5.78 Å². The van der Waals surface area contributed by atoms with E-state index in [1.54, 1.807) is 0 Å². The summed E-state index contributed by atoms with van der Waals surface area (Å²) in [6, 6.07) is 10.1. The number of carbonyl (C=O) groups excluding carboxylic acids is 1. The summed E-state index contributed by atoms with van der Waals surface area (Å²) in [6.45, 7) is 4.24. The van der Waals surface area contributed by atoms with Crippen molar-refractivity contribution in [3.8, 4) is 5.69 Å². The highest BCUT2D eigenvalue weighted by atomic mass is 16.1. The molecule has 104 valence electrons. The molecule has 0 spiro atoms. The lowest BCUT2D eigenvalue weighted by Gasteiger charge is -2.46. The Kier molecular flexibility index (Phi) is 3.20. The monoisotopic (exact) mass is 268 g/mol. The van der Waals surface area contributed by atoms with Gasteiger partial charge < -0.3 is 0 Å². The third-order valence-electron chi connectivity index (χ3n) is 4.90. The molecule has 1 unspecified atom stereocenters. The third-order valence-corrected chi connectivity index (χ3v) is 4.90. The van der Waals surface area contributed by atoms with E-state index in [1.807, 2.05) is 41.2 Å². The Hall–Kier alpha value is -1.90. The van der Waals surface area contributed by atoms with Gasteiger partial charge in [-0.05, 0) is 30.5 Å². The van der Waals surface area contributed by atoms with Crippen molar-refractivity contribution in [1.29, 1.82) is 0 Å². The van der Waals surface area contributed by atoms with Crippen LogP contribution in [0.1, 0.15) is 44.6 Å². The second-order valence-electron chi connectivity index (χ2n) is 5.60. The van der Waals surface area contributed by atoms with E-state index in [4.69, 9.17) is 0 Å². The normalized spacial score (nSPS) is 20.7. The first kappa shape index (κ1) is 13.1. The van der Waals surface area contributed by atoms with Crippen LogP contribution in [0.5, 0.6) is 0 Å². The molecular weight excluding hydrogens is 248 g/mol. The van der Waals surface area contributed by atoms with E-state index in [9.17, 15) is 4.79 Å². The third kappa shape index (κ3) is 1.80. The highest BCUT2D eigenvalue weighted by molar-refractivity contribution is 5.93. The van der Waals surface area contributed by atoms with E-state index in [0.717, 1.165) is 18.5 Å². The molecule has 0 aliphatic heterocycles. The van der Waals surface area contributed by atoms with E-state index >= 15 is 0 Å². The van der Waals surface area contributed by atoms with Gasteiger partial charge in [0.1, 0.15) is 5.78 Å². The zero-order chi connectivity index (χ0) is 14.2. The van der Waals surface area contributed by atoms with Crippen LogP contribution in [0.2, 0.25) is 0 Å². The molecule has 0 amide bonds. The minimum absolute atomic E-state index is 0.148. The van der Waals surface area contributed by atoms with E-state index in [0.29, 0.717) is 18.1 Å². The van der Waals surface area contributed by atoms with Crippen molar-refractivity contribution in [2.75, 3.05) is 0 Å². The number of para-hydroxylation sites is 1. The van der Waals surface area contributed by atoms with Crippen LogP contribution in [0.25, 0.3) is 5.69 Å². The molecule has 3 heteroatoms. The van der Waals surface area contributed by atoms with E-state index in [-0.39, 0.29) is 5.41 Å². The average molecular weight is 268 g/mol. The number of carbonyl (C=O) groups is 1. The van der Waals surface area contributed by atoms with Gasteiger partial charge in [0.25, 0.3) is 0 Å². The second-order valence-corrected chi connectivity index (χ2v) is 5.60. The highest BCUT2D eigenvalue weighted by Gasteiger charge is 2.52. The number of benzene rings is 1. The van der Waals surface area contributed by atoms with Gasteiger partial charge in [0, 0.05) is 24.0 Å². The van der Waals surface area contributed by atoms with Gasteiger partial charge in [-0.25, -0.2) is 4.68 Å². The maximum atomic E-state index is 12.0. The number of nitrogens with zero attached hydrogens (tertiary/aromatic N) is 2. The Morgan fingerprint density at radius 3 is 2.55 bits per heavy atom. The molecule has 1 aromatic heterocycles. The van der Waals surface area contributed by atoms with Crippen LogP contribution in [0.4, 0.5) is 0 Å². The molecule has 3 rings (SSSR count). The summed E-state index contributed by atoms with van der Waals surface area (Å²) < 4.78 is 1.90. The van der Waals surface area contributed by atoms with Crippen LogP contribution < -0.4 is 0 Å². The van der Waals surface area contributed by atoms with Crippen molar-refractivity contribution < 1.29 is 4.79 Å². The molecular formula is C17H20N2O. The van der Waals surface area contributed by atoms with Crippen LogP contribution in [-0.2, 0) is 4.79 Å². The van der Waals surface area contributed by atoms with E-state index in [2.05, 4.69) is 25.1 Å². The Morgan fingerprint density at radius 1 is 1.25 bits per heavy atom. The smallest absolute Gasteiger partial charge is 0.140 e. The molecule has 1 heterocycles. The first-order valence-corrected chi connectivity index (χ1v) is 7.34. The maximum absolute atomic E-state index is 12.0. The molecule has 1 atom stereocenters. The molecule has 0 bridgehead atoms. The largest absolute Gasteiger partial charge is 0.299 e. The molecule has 1 aromatic carbocycles. The molecule has 1 saturated carbocycles. The van der Waals surface area contributed by atoms with Crippen molar-refractivity contribution in [3.05, 3.63) is 48.3 Å². The number of Topliss-reactive ketones (excluding diaryl/α,β-unsaturated/α-hetero) is 1. The van der Waals surface area contributed by atoms with Crippen molar-refractivity contribution in [2.45, 2.75) is 39.0 Å². The average Bonchev–Trinajstić information content (AvgIpc) is 2.96. The van der Waals surface area contributed by atoms with Crippen molar-refractivity contribution in [1.82, 2.24) is 9.78 Å². The fraction of sp³-hybridized carbons (Fsp3) is 0.412. The van der Waals surface area contributed by atoms with Gasteiger partial charge >= 0.3 is 0 Å². The molecule has 20 heavy (non-hydrogen) atoms. The van der Waals surface area contributed by atoms with Crippen LogP contribution in [0.15, 0.2) is 42.7 Å². The highest BCUT2D eigenvalue weighted by Crippen LogP contribution is 2.54. The number of rotatable bonds is 4. The number of hydrogen-bond acceptors (Lipinski definition) is 2. The fourth-order valence-electron chi connectivity index (χ4n) is 3.46. The SMILES string of the molecule is CCC1(CC)C(=O)CC1c1cnn(-c2ccccc2)c1. The summed E-state index contributed by atoms with van der Waals surface area (Å²) in [6.07, 6.45) is 6.51. The fourth-order valence-corrected chi connectivity index (χ4v) is 3.46. The number of hydrogen-bond donors (Lipinski definition) is 0. The second kappa shape index (κ2) is 4.89. The van der Waals surface area contributed by atoms with Crippen LogP contribution >= 0.6 is 0 Å². The molecule has 0 N–H and O–H groups in total. The first-order chi connectivity index (χ1) is 9.71. The zero-order valence-corrected chi connectivity index (χ0v) is 12.0. The Bertz CT molecular complexity index is 611. The number of aromatic nitrogens is 2. The summed E-state index contributed by atoms with van der Waals surface area (Å²) in [5, 5.41) is 4.45. The Labute approximate surface area is 119 Å². The molecule has 3 nitrogen and oxygen atoms in total. The van der Waals surface area contributed by atoms with Crippen LogP contribution in [0, 0.1) is 5.41 Å². The van der Waals surface area contributed by atoms with Crippen molar-refractivity contribution in [2.24, 2.45) is 5.41 Å². The predicted molar refractivity (Wildman–Crippen MR) is 78.9 cm³/mol. The summed E-state index contributed by atoms with van der Waals surface area (Å²) in [5.74, 6) is 0.752. The molecule has 1 fully saturated rings. The van der Waals surface area contributed by atoms with Gasteiger partial charge in [0.15, 0.2) is 0 Å². The standard InChI is InChI=1S/C17H20N2O/c1-3-17(4-2)15(10-16(17)20)13-11-18-19(12-13)14-8-6-5-7-9-14/h5-9,11-12,15H,3-4,10H2,1-2H3. The lowest BCUT2D eigenvalue weighted by Crippen LogP contribution is -2.47. The van der Waals surface area contributed by atoms with Crippen LogP contribution in [0.3, 0.4) is 0 Å². The first-order valence-electron chi connectivity index (χ1n) is 7.34. The molecule has 2 aromatic rings. The van der Waals surface area contributed by atoms with Crippen LogP contribution in [-0.4, -0.2) is 15.6 Å². The van der Waals surface area contributed by atoms with Gasteiger partial charge in [-0.2, -0.15) is 5.10 Å². The molecule has 0 radical (unpaired) electrons. The van der Waals surface area contributed by atoms with Crippen molar-refractivity contribution in [3.63, 3.8) is 0 Å². The summed E-state index contributed by atoms with van der Waals surface area (Å²) in [7, 11) is 0. The summed E-state index contributed by atoms with van der Waals surface area (Å²) in [5.41, 5.74) is 2.10. The maximum Gasteiger partial charge on any atom is 0.140 e. The zero-order valence-electron chi connectivity index (χ0n) is 12.0. The summed E-state index contributed by atoms with van der Waals surface area (Å²) in [4.78, 5) is 12.0. The Balaban J connectivity index is 1.90. The summed E-state index contributed by atoms with van der Waals surface area (Å²) >= 11 is 0. The van der Waals surface area contributed by atoms with Gasteiger partial charge in [0.2, 0.25) is 0 Å². The topological polar surface area (TPSA) is 34.9 Å². The number of ketones is 1. The van der Waals surface area contributed by atoms with E-state index in [1.165, 1.54) is 5.56 Å². The lowest BCUT2D eigenvalue weighted by atomic mass is 9.54. The quantitative estimate of drug-likeness (QED) is 0.846. The molecule has 1 aliphatic carbocycles. The molecule has 1 aliphatic rings. The van der Waals surface area contributed by atoms with Gasteiger partial charge in [0.05, 0.1) is 11.9 Å². The van der Waals surface area contributed by atoms with Gasteiger partial charge in [-0.15, -0.1) is 0 Å². The van der Waals surface area contributed by atoms with E-state index < -0.39 is 0 Å². The minimum Gasteiger partial charge on any atom is -0.299 e. The Morgan fingerprint density at radius 2 is 1.95 bits per heavy atom. The van der Waals surface area contributed by atoms with Gasteiger partial charge in [-0.3, -0.25) is 4.79 Å². The lowest BCUT2D eigenvalue weighted by molar-refractivity contribution is -0.141.